The molecule has 0 heteroatoms. The molecule has 0 aromatic rings. The van der Waals surface area contributed by atoms with E-state index in [0.29, 0.717) is 0 Å². The van der Waals surface area contributed by atoms with Crippen LogP contribution in [0.4, 0.5) is 0 Å². The Morgan fingerprint density at radius 2 is 2.75 bits per heavy atom. The molecule has 0 atom stereocenters. The number of allylic oxidation sites excluding steroid dienone is 2. The van der Waals surface area contributed by atoms with Crippen molar-refractivity contribution in [3.8, 4) is 0 Å². The topological polar surface area (TPSA) is 0 Å². The van der Waals surface area contributed by atoms with Crippen LogP contribution in [0.3, 0.4) is 0 Å². The summed E-state index contributed by atoms with van der Waals surface area (Å²) >= 11 is 0. The summed E-state index contributed by atoms with van der Waals surface area (Å²) in [4.78, 5) is 0. The summed E-state index contributed by atoms with van der Waals surface area (Å²) in [5.41, 5.74) is 0. The fourth-order valence-electron chi connectivity index (χ4n) is 0. The zero-order chi connectivity index (χ0) is 7.49. The molecular formula is C4H8. The Morgan fingerprint density at radius 3 is 3.00 bits per heavy atom. The van der Waals surface area contributed by atoms with E-state index in [9.17, 15) is 0 Å². The maximum absolute atomic E-state index is 6.60. The number of hydrogen-bond donors (Lipinski definition) is 0. The Balaban J connectivity index is 3.71. The molecule has 0 heterocycles. The van der Waals surface area contributed by atoms with Crippen LogP contribution in [-0.4, -0.2) is 0 Å². The van der Waals surface area contributed by atoms with E-state index >= 15 is 0 Å². The van der Waals surface area contributed by atoms with E-state index in [2.05, 4.69) is 0 Å². The Hall–Kier alpha value is -0.260. The van der Waals surface area contributed by atoms with Crippen molar-refractivity contribution in [2.75, 3.05) is 0 Å². The first-order valence-corrected chi connectivity index (χ1v) is 0.955. The first kappa shape index (κ1) is 0.469. The van der Waals surface area contributed by atoms with Crippen molar-refractivity contribution in [3.05, 3.63) is 12.2 Å². The fraction of sp³-hybridized carbons (Fsp3) is 0.500. The van der Waals surface area contributed by atoms with Gasteiger partial charge in [0.1, 0.15) is 0 Å². The second-order valence-electron chi connectivity index (χ2n) is 0.359. The minimum atomic E-state index is -2.14. The van der Waals surface area contributed by atoms with E-state index in [-0.39, 0.29) is 0 Å². The Morgan fingerprint density at radius 1 is 1.75 bits per heavy atom. The van der Waals surface area contributed by atoms with Crippen molar-refractivity contribution in [2.45, 2.75) is 13.7 Å². The Labute approximate surface area is 34.2 Å². The molecule has 0 aromatic carbocycles. The van der Waals surface area contributed by atoms with Crippen molar-refractivity contribution >= 4 is 0 Å². The predicted octanol–water partition coefficient (Wildman–Crippen LogP) is 1.58. The van der Waals surface area contributed by atoms with E-state index < -0.39 is 13.7 Å². The van der Waals surface area contributed by atoms with Crippen molar-refractivity contribution in [3.63, 3.8) is 0 Å². The van der Waals surface area contributed by atoms with Crippen molar-refractivity contribution in [1.29, 1.82) is 0 Å². The fourth-order valence-corrected chi connectivity index (χ4v) is 0. The molecule has 0 aromatic heterocycles. The second-order valence-corrected chi connectivity index (χ2v) is 0.359. The largest absolute Gasteiger partial charge is 0.0919 e. The maximum atomic E-state index is 6.60. The van der Waals surface area contributed by atoms with Crippen molar-refractivity contribution in [1.82, 2.24) is 0 Å². The van der Waals surface area contributed by atoms with Gasteiger partial charge in [-0.3, -0.25) is 0 Å². The third kappa shape index (κ3) is 1.74. The number of hydrogen-bond acceptors (Lipinski definition) is 0. The van der Waals surface area contributed by atoms with Gasteiger partial charge in [-0.05, 0) is 13.7 Å². The van der Waals surface area contributed by atoms with Crippen molar-refractivity contribution in [2.24, 2.45) is 0 Å². The average Bonchev–Trinajstić information content (AvgIpc) is 1.59. The van der Waals surface area contributed by atoms with E-state index in [1.807, 2.05) is 0 Å². The standard InChI is InChI=1S/C4H8/c1-3-4-2/h3-4H,1-2H3/b4-3-/i1D2,2D3. The predicted molar refractivity (Wildman–Crippen MR) is 20.5 cm³/mol. The Kier molecular flexibility index (Phi) is 0.321. The van der Waals surface area contributed by atoms with Crippen LogP contribution >= 0.6 is 0 Å². The van der Waals surface area contributed by atoms with Gasteiger partial charge in [0.05, 0.1) is 0 Å². The summed E-state index contributed by atoms with van der Waals surface area (Å²) in [5, 5.41) is 0. The minimum Gasteiger partial charge on any atom is -0.0919 e. The monoisotopic (exact) mass is 61.1 g/mol. The van der Waals surface area contributed by atoms with Gasteiger partial charge in [0.2, 0.25) is 0 Å². The lowest BCUT2D eigenvalue weighted by Crippen LogP contribution is -1.26. The molecule has 0 fully saturated rings. The van der Waals surface area contributed by atoms with Crippen LogP contribution in [0.5, 0.6) is 0 Å². The van der Waals surface area contributed by atoms with Crippen LogP contribution < -0.4 is 0 Å². The normalized spacial score (nSPS) is 31.8. The zero-order valence-electron chi connectivity index (χ0n) is 7.23. The minimum absolute atomic E-state index is 0.887. The molecule has 0 aliphatic heterocycles. The van der Waals surface area contributed by atoms with E-state index in [0.717, 1.165) is 12.2 Å². The lowest BCUT2D eigenvalue weighted by atomic mass is 10.6. The maximum Gasteiger partial charge on any atom is 0.0273 e. The molecule has 4 heavy (non-hydrogen) atoms. The van der Waals surface area contributed by atoms with Crippen LogP contribution in [0, 0.1) is 0 Å². The highest BCUT2D eigenvalue weighted by molar-refractivity contribution is 4.68. The van der Waals surface area contributed by atoms with E-state index in [4.69, 9.17) is 6.85 Å². The Bertz CT molecular complexity index is 100. The van der Waals surface area contributed by atoms with Gasteiger partial charge in [0.15, 0.2) is 0 Å². The highest BCUT2D eigenvalue weighted by Crippen LogP contribution is 1.57. The van der Waals surface area contributed by atoms with E-state index in [1.54, 1.807) is 0 Å². The quantitative estimate of drug-likeness (QED) is 0.373. The number of rotatable bonds is 0. The summed E-state index contributed by atoms with van der Waals surface area (Å²) in [7, 11) is 0. The highest BCUT2D eigenvalue weighted by atomic mass is 13.4. The molecule has 0 aliphatic rings. The summed E-state index contributed by atoms with van der Waals surface area (Å²) < 4.78 is 33.0. The molecule has 0 saturated carbocycles. The third-order valence-corrected chi connectivity index (χ3v) is 0.0962. The molecule has 24 valence electrons. The smallest absolute Gasteiger partial charge is 0.0273 e. The SMILES string of the molecule is [2H]C([2H])/C=C\C([2H])([2H])[2H]. The third-order valence-electron chi connectivity index (χ3n) is 0.0962. The molecule has 0 radical (unpaired) electrons. The van der Waals surface area contributed by atoms with Gasteiger partial charge < -0.3 is 0 Å². The molecule has 0 nitrogen and oxygen atoms in total. The molecule has 0 spiro atoms. The summed E-state index contributed by atoms with van der Waals surface area (Å²) in [5.74, 6) is 0. The summed E-state index contributed by atoms with van der Waals surface area (Å²) in [6, 6.07) is 0. The van der Waals surface area contributed by atoms with Gasteiger partial charge in [0.25, 0.3) is 0 Å². The summed E-state index contributed by atoms with van der Waals surface area (Å²) in [6.45, 7) is -3.31. The lowest BCUT2D eigenvalue weighted by molar-refractivity contribution is 1.64. The molecule has 0 unspecified atom stereocenters. The van der Waals surface area contributed by atoms with Gasteiger partial charge in [0, 0.05) is 6.85 Å². The zero-order valence-corrected chi connectivity index (χ0v) is 2.23. The van der Waals surface area contributed by atoms with Crippen LogP contribution in [0.2, 0.25) is 0 Å². The molecule has 0 rings (SSSR count). The van der Waals surface area contributed by atoms with E-state index in [1.165, 1.54) is 0 Å². The van der Waals surface area contributed by atoms with Crippen LogP contribution in [0.25, 0.3) is 0 Å². The van der Waals surface area contributed by atoms with Gasteiger partial charge in [-0.1, -0.05) is 12.2 Å². The van der Waals surface area contributed by atoms with Crippen LogP contribution in [0.15, 0.2) is 12.2 Å². The van der Waals surface area contributed by atoms with Gasteiger partial charge >= 0.3 is 0 Å². The summed E-state index contributed by atoms with van der Waals surface area (Å²) in [6.07, 6.45) is 1.91. The van der Waals surface area contributed by atoms with Crippen LogP contribution in [-0.2, 0) is 0 Å². The van der Waals surface area contributed by atoms with Gasteiger partial charge in [-0.15, -0.1) is 0 Å². The molecule has 0 N–H and O–H groups in total. The first-order chi connectivity index (χ1) is 3.92. The second kappa shape index (κ2) is 2.74. The van der Waals surface area contributed by atoms with Crippen molar-refractivity contribution < 1.29 is 6.85 Å². The molecule has 0 bridgehead atoms. The van der Waals surface area contributed by atoms with Crippen LogP contribution in [0.1, 0.15) is 20.6 Å². The molecule has 0 amide bonds. The molecule has 0 saturated heterocycles. The molecular weight excluding hydrogens is 48.0 g/mol. The molecule has 0 aliphatic carbocycles. The highest BCUT2D eigenvalue weighted by Gasteiger charge is 1.34. The average molecular weight is 61.1 g/mol. The van der Waals surface area contributed by atoms with Gasteiger partial charge in [-0.25, -0.2) is 0 Å². The van der Waals surface area contributed by atoms with Gasteiger partial charge in [-0.2, -0.15) is 0 Å². The first-order valence-electron chi connectivity index (χ1n) is 3.61. The lowest BCUT2D eigenvalue weighted by Gasteiger charge is -1.49.